The Morgan fingerprint density at radius 3 is 2.41 bits per heavy atom. The van der Waals surface area contributed by atoms with Crippen LogP contribution in [0.4, 0.5) is 4.79 Å². The minimum absolute atomic E-state index is 0.0760. The summed E-state index contributed by atoms with van der Waals surface area (Å²) in [6, 6.07) is 6.48. The van der Waals surface area contributed by atoms with Gasteiger partial charge in [-0.25, -0.2) is 9.59 Å². The number of aromatic carboxylic acids is 1. The number of benzene rings is 1. The highest BCUT2D eigenvalue weighted by Gasteiger charge is 2.18. The van der Waals surface area contributed by atoms with Crippen LogP contribution in [0.3, 0.4) is 0 Å². The minimum Gasteiger partial charge on any atom is -0.478 e. The molecule has 0 radical (unpaired) electrons. The molecule has 1 fully saturated rings. The zero-order valence-corrected chi connectivity index (χ0v) is 13.0. The molecule has 120 valence electrons. The van der Waals surface area contributed by atoms with Crippen molar-refractivity contribution in [3.63, 3.8) is 0 Å². The van der Waals surface area contributed by atoms with Gasteiger partial charge in [0.15, 0.2) is 0 Å². The standard InChI is InChI=1S/C17H24N2O3/c1-19(12-14-5-3-2-4-6-14)17(22)18-11-13-7-9-15(10-8-13)16(20)21/h7-10,14H,2-6,11-12H2,1H3,(H,18,22)(H,20,21). The Kier molecular flexibility index (Phi) is 5.81. The fourth-order valence-electron chi connectivity index (χ4n) is 2.92. The molecule has 0 aliphatic heterocycles. The molecule has 1 saturated carbocycles. The Morgan fingerprint density at radius 1 is 1.18 bits per heavy atom. The number of carbonyl (C=O) groups is 2. The molecule has 0 saturated heterocycles. The number of hydrogen-bond donors (Lipinski definition) is 2. The normalized spacial score (nSPS) is 15.3. The number of carboxylic acid groups (broad SMARTS) is 1. The molecule has 2 N–H and O–H groups in total. The van der Waals surface area contributed by atoms with Crippen molar-refractivity contribution < 1.29 is 14.7 Å². The van der Waals surface area contributed by atoms with Crippen LogP contribution < -0.4 is 5.32 Å². The smallest absolute Gasteiger partial charge is 0.335 e. The van der Waals surface area contributed by atoms with E-state index >= 15 is 0 Å². The number of carboxylic acids is 1. The third kappa shape index (κ3) is 4.76. The predicted octanol–water partition coefficient (Wildman–Crippen LogP) is 3.11. The van der Waals surface area contributed by atoms with Gasteiger partial charge in [0, 0.05) is 20.1 Å². The fraction of sp³-hybridized carbons (Fsp3) is 0.529. The molecule has 0 aromatic heterocycles. The summed E-state index contributed by atoms with van der Waals surface area (Å²) >= 11 is 0. The molecule has 22 heavy (non-hydrogen) atoms. The summed E-state index contributed by atoms with van der Waals surface area (Å²) in [7, 11) is 1.83. The van der Waals surface area contributed by atoms with E-state index in [1.54, 1.807) is 29.2 Å². The van der Waals surface area contributed by atoms with E-state index in [0.717, 1.165) is 12.1 Å². The number of amides is 2. The van der Waals surface area contributed by atoms with E-state index < -0.39 is 5.97 Å². The molecule has 0 bridgehead atoms. The second-order valence-electron chi connectivity index (χ2n) is 6.05. The van der Waals surface area contributed by atoms with Crippen LogP contribution in [0.15, 0.2) is 24.3 Å². The summed E-state index contributed by atoms with van der Waals surface area (Å²) < 4.78 is 0. The fourth-order valence-corrected chi connectivity index (χ4v) is 2.92. The van der Waals surface area contributed by atoms with Crippen LogP contribution >= 0.6 is 0 Å². The molecule has 0 spiro atoms. The summed E-state index contributed by atoms with van der Waals surface area (Å²) in [5.41, 5.74) is 1.15. The van der Waals surface area contributed by atoms with Gasteiger partial charge in [-0.15, -0.1) is 0 Å². The lowest BCUT2D eigenvalue weighted by atomic mass is 9.89. The Hall–Kier alpha value is -2.04. The summed E-state index contributed by atoms with van der Waals surface area (Å²) in [5, 5.41) is 11.7. The van der Waals surface area contributed by atoms with Gasteiger partial charge < -0.3 is 15.3 Å². The van der Waals surface area contributed by atoms with Gasteiger partial charge in [0.25, 0.3) is 0 Å². The second kappa shape index (κ2) is 7.82. The first kappa shape index (κ1) is 16.3. The van der Waals surface area contributed by atoms with Crippen LogP contribution in [0.5, 0.6) is 0 Å². The van der Waals surface area contributed by atoms with Gasteiger partial charge in [0.2, 0.25) is 0 Å². The van der Waals surface area contributed by atoms with Crippen molar-refractivity contribution in [1.29, 1.82) is 0 Å². The first-order valence-electron chi connectivity index (χ1n) is 7.87. The zero-order valence-electron chi connectivity index (χ0n) is 13.0. The molecule has 0 heterocycles. The Labute approximate surface area is 131 Å². The molecular weight excluding hydrogens is 280 g/mol. The van der Waals surface area contributed by atoms with Crippen LogP contribution in [-0.4, -0.2) is 35.6 Å². The number of urea groups is 1. The maximum absolute atomic E-state index is 12.1. The van der Waals surface area contributed by atoms with Crippen LogP contribution in [0.1, 0.15) is 48.0 Å². The molecule has 0 unspecified atom stereocenters. The summed E-state index contributed by atoms with van der Waals surface area (Å²) in [6.45, 7) is 1.22. The zero-order chi connectivity index (χ0) is 15.9. The first-order chi connectivity index (χ1) is 10.6. The average molecular weight is 304 g/mol. The average Bonchev–Trinajstić information content (AvgIpc) is 2.53. The highest BCUT2D eigenvalue weighted by molar-refractivity contribution is 5.87. The molecule has 0 atom stereocenters. The van der Waals surface area contributed by atoms with E-state index in [4.69, 9.17) is 5.11 Å². The maximum Gasteiger partial charge on any atom is 0.335 e. The molecule has 5 nitrogen and oxygen atoms in total. The van der Waals surface area contributed by atoms with Gasteiger partial charge in [-0.3, -0.25) is 0 Å². The van der Waals surface area contributed by atoms with Crippen molar-refractivity contribution in [2.75, 3.05) is 13.6 Å². The van der Waals surface area contributed by atoms with Crippen LogP contribution in [0.25, 0.3) is 0 Å². The van der Waals surface area contributed by atoms with E-state index in [1.807, 2.05) is 7.05 Å². The van der Waals surface area contributed by atoms with Crippen molar-refractivity contribution in [1.82, 2.24) is 10.2 Å². The third-order valence-electron chi connectivity index (χ3n) is 4.25. The lowest BCUT2D eigenvalue weighted by Gasteiger charge is -2.27. The maximum atomic E-state index is 12.1. The van der Waals surface area contributed by atoms with Crippen molar-refractivity contribution >= 4 is 12.0 Å². The highest BCUT2D eigenvalue weighted by atomic mass is 16.4. The summed E-state index contributed by atoms with van der Waals surface area (Å²) in [5.74, 6) is -0.317. The topological polar surface area (TPSA) is 69.6 Å². The number of nitrogens with one attached hydrogen (secondary N) is 1. The number of hydrogen-bond acceptors (Lipinski definition) is 2. The molecule has 1 aromatic rings. The van der Waals surface area contributed by atoms with E-state index in [9.17, 15) is 9.59 Å². The number of rotatable bonds is 5. The molecule has 1 aliphatic rings. The minimum atomic E-state index is -0.942. The third-order valence-corrected chi connectivity index (χ3v) is 4.25. The summed E-state index contributed by atoms with van der Waals surface area (Å²) in [6.07, 6.45) is 6.30. The second-order valence-corrected chi connectivity index (χ2v) is 6.05. The van der Waals surface area contributed by atoms with Crippen molar-refractivity contribution in [2.24, 2.45) is 5.92 Å². The van der Waals surface area contributed by atoms with Crippen molar-refractivity contribution in [3.8, 4) is 0 Å². The summed E-state index contributed by atoms with van der Waals surface area (Å²) in [4.78, 5) is 24.6. The van der Waals surface area contributed by atoms with Crippen LogP contribution in [0, 0.1) is 5.92 Å². The lowest BCUT2D eigenvalue weighted by Crippen LogP contribution is -2.39. The Morgan fingerprint density at radius 2 is 1.82 bits per heavy atom. The van der Waals surface area contributed by atoms with E-state index in [-0.39, 0.29) is 11.6 Å². The molecule has 1 aromatic carbocycles. The Bertz CT molecular complexity index is 507. The quantitative estimate of drug-likeness (QED) is 0.878. The lowest BCUT2D eigenvalue weighted by molar-refractivity contribution is 0.0697. The van der Waals surface area contributed by atoms with Gasteiger partial charge in [0.05, 0.1) is 5.56 Å². The van der Waals surface area contributed by atoms with Gasteiger partial charge in [0.1, 0.15) is 0 Å². The first-order valence-corrected chi connectivity index (χ1v) is 7.87. The molecule has 5 heteroatoms. The molecular formula is C17H24N2O3. The van der Waals surface area contributed by atoms with E-state index in [0.29, 0.717) is 12.5 Å². The van der Waals surface area contributed by atoms with Crippen LogP contribution in [0.2, 0.25) is 0 Å². The SMILES string of the molecule is CN(CC1CCCCC1)C(=O)NCc1ccc(C(=O)O)cc1. The largest absolute Gasteiger partial charge is 0.478 e. The van der Waals surface area contributed by atoms with Gasteiger partial charge in [-0.1, -0.05) is 31.4 Å². The van der Waals surface area contributed by atoms with Crippen molar-refractivity contribution in [2.45, 2.75) is 38.6 Å². The molecule has 2 amide bonds. The van der Waals surface area contributed by atoms with Gasteiger partial charge >= 0.3 is 12.0 Å². The monoisotopic (exact) mass is 304 g/mol. The number of nitrogens with zero attached hydrogens (tertiary/aromatic N) is 1. The van der Waals surface area contributed by atoms with E-state index in [1.165, 1.54) is 32.1 Å². The van der Waals surface area contributed by atoms with E-state index in [2.05, 4.69) is 5.32 Å². The van der Waals surface area contributed by atoms with Crippen LogP contribution in [-0.2, 0) is 6.54 Å². The number of carbonyl (C=O) groups excluding carboxylic acids is 1. The van der Waals surface area contributed by atoms with Crippen molar-refractivity contribution in [3.05, 3.63) is 35.4 Å². The Balaban J connectivity index is 1.77. The molecule has 2 rings (SSSR count). The predicted molar refractivity (Wildman–Crippen MR) is 84.8 cm³/mol. The van der Waals surface area contributed by atoms with Gasteiger partial charge in [-0.05, 0) is 36.5 Å². The highest BCUT2D eigenvalue weighted by Crippen LogP contribution is 2.24. The molecule has 1 aliphatic carbocycles. The van der Waals surface area contributed by atoms with Gasteiger partial charge in [-0.2, -0.15) is 0 Å².